The molecule has 6 N–H and O–H groups in total. The van der Waals surface area contributed by atoms with Crippen molar-refractivity contribution >= 4 is 21.5 Å². The van der Waals surface area contributed by atoms with E-state index in [0.717, 1.165) is 5.56 Å². The quantitative estimate of drug-likeness (QED) is 0.443. The van der Waals surface area contributed by atoms with Gasteiger partial charge < -0.3 is 16.8 Å². The van der Waals surface area contributed by atoms with Crippen LogP contribution in [0.3, 0.4) is 0 Å². The molecule has 1 atom stereocenters. The smallest absolute Gasteiger partial charge is 0.282 e. The van der Waals surface area contributed by atoms with Gasteiger partial charge >= 0.3 is 0 Å². The summed E-state index contributed by atoms with van der Waals surface area (Å²) in [5.74, 6) is 0. The molecule has 0 saturated carbocycles. The molecule has 0 saturated heterocycles. The Labute approximate surface area is 94.4 Å². The summed E-state index contributed by atoms with van der Waals surface area (Å²) in [7, 11) is -4.20. The molecular formula is C9H15N3O3S. The Morgan fingerprint density at radius 3 is 2.62 bits per heavy atom. The Hall–Kier alpha value is -1.31. The Kier molecular flexibility index (Phi) is 3.74. The SMILES string of the molecule is Cc1cc(NCC(N)S(=O)(=O)O)ccc1N. The van der Waals surface area contributed by atoms with Gasteiger partial charge in [0.15, 0.2) is 5.37 Å². The van der Waals surface area contributed by atoms with E-state index in [2.05, 4.69) is 5.32 Å². The highest BCUT2D eigenvalue weighted by Crippen LogP contribution is 2.16. The van der Waals surface area contributed by atoms with Gasteiger partial charge in [-0.1, -0.05) is 0 Å². The van der Waals surface area contributed by atoms with Crippen LogP contribution in [0.25, 0.3) is 0 Å². The van der Waals surface area contributed by atoms with Crippen molar-refractivity contribution in [2.24, 2.45) is 5.73 Å². The second kappa shape index (κ2) is 4.69. The Morgan fingerprint density at radius 1 is 1.50 bits per heavy atom. The van der Waals surface area contributed by atoms with E-state index in [-0.39, 0.29) is 6.54 Å². The van der Waals surface area contributed by atoms with E-state index in [1.54, 1.807) is 18.2 Å². The van der Waals surface area contributed by atoms with Crippen LogP contribution in [-0.2, 0) is 10.1 Å². The van der Waals surface area contributed by atoms with Gasteiger partial charge in [0.25, 0.3) is 10.1 Å². The summed E-state index contributed by atoms with van der Waals surface area (Å²) in [5.41, 5.74) is 13.1. The van der Waals surface area contributed by atoms with E-state index in [1.165, 1.54) is 0 Å². The molecule has 90 valence electrons. The van der Waals surface area contributed by atoms with Gasteiger partial charge in [-0.3, -0.25) is 4.55 Å². The predicted octanol–water partition coefficient (Wildman–Crippen LogP) is 0.162. The standard InChI is InChI=1S/C9H15N3O3S/c1-6-4-7(2-3-8(6)10)12-5-9(11)16(13,14)15/h2-4,9,12H,5,10-11H2,1H3,(H,13,14,15). The fraction of sp³-hybridized carbons (Fsp3) is 0.333. The Morgan fingerprint density at radius 2 is 2.12 bits per heavy atom. The van der Waals surface area contributed by atoms with E-state index < -0.39 is 15.5 Å². The lowest BCUT2D eigenvalue weighted by Crippen LogP contribution is -2.36. The lowest BCUT2D eigenvalue weighted by molar-refractivity contribution is 0.470. The number of nitrogens with two attached hydrogens (primary N) is 2. The Balaban J connectivity index is 2.65. The molecule has 7 heteroatoms. The zero-order valence-electron chi connectivity index (χ0n) is 8.84. The van der Waals surface area contributed by atoms with Crippen LogP contribution in [0.1, 0.15) is 5.56 Å². The maximum absolute atomic E-state index is 10.6. The molecule has 0 spiro atoms. The van der Waals surface area contributed by atoms with Crippen molar-refractivity contribution in [3.8, 4) is 0 Å². The molecule has 6 nitrogen and oxygen atoms in total. The summed E-state index contributed by atoms with van der Waals surface area (Å²) in [5, 5.41) is 1.46. The molecule has 1 rings (SSSR count). The third kappa shape index (κ3) is 3.37. The maximum atomic E-state index is 10.6. The molecule has 0 heterocycles. The van der Waals surface area contributed by atoms with Crippen LogP contribution in [-0.4, -0.2) is 24.9 Å². The first-order chi connectivity index (χ1) is 7.30. The average molecular weight is 245 g/mol. The van der Waals surface area contributed by atoms with Gasteiger partial charge in [-0.2, -0.15) is 8.42 Å². The molecule has 1 aromatic rings. The highest BCUT2D eigenvalue weighted by Gasteiger charge is 2.17. The molecule has 1 unspecified atom stereocenters. The summed E-state index contributed by atoms with van der Waals surface area (Å²) < 4.78 is 29.9. The van der Waals surface area contributed by atoms with Crippen LogP contribution in [0.2, 0.25) is 0 Å². The highest BCUT2D eigenvalue weighted by atomic mass is 32.2. The molecule has 0 aliphatic heterocycles. The van der Waals surface area contributed by atoms with E-state index in [9.17, 15) is 8.42 Å². The summed E-state index contributed by atoms with van der Waals surface area (Å²) in [6.45, 7) is 1.77. The van der Waals surface area contributed by atoms with Gasteiger partial charge in [-0.05, 0) is 30.7 Å². The zero-order chi connectivity index (χ0) is 12.3. The topological polar surface area (TPSA) is 118 Å². The molecule has 0 aliphatic rings. The molecule has 0 radical (unpaired) electrons. The molecule has 0 amide bonds. The highest BCUT2D eigenvalue weighted by molar-refractivity contribution is 7.86. The molecule has 1 aromatic carbocycles. The van der Waals surface area contributed by atoms with E-state index in [4.69, 9.17) is 16.0 Å². The van der Waals surface area contributed by atoms with Crippen molar-refractivity contribution in [2.45, 2.75) is 12.3 Å². The van der Waals surface area contributed by atoms with Crippen LogP contribution < -0.4 is 16.8 Å². The summed E-state index contributed by atoms with van der Waals surface area (Å²) in [6, 6.07) is 5.18. The van der Waals surface area contributed by atoms with Crippen molar-refractivity contribution in [1.29, 1.82) is 0 Å². The number of nitrogen functional groups attached to an aromatic ring is 1. The van der Waals surface area contributed by atoms with Gasteiger partial charge in [0.1, 0.15) is 0 Å². The van der Waals surface area contributed by atoms with Crippen molar-refractivity contribution in [2.75, 3.05) is 17.6 Å². The van der Waals surface area contributed by atoms with Gasteiger partial charge in [0, 0.05) is 17.9 Å². The Bertz CT molecular complexity index is 473. The van der Waals surface area contributed by atoms with Gasteiger partial charge in [-0.25, -0.2) is 0 Å². The number of anilines is 2. The van der Waals surface area contributed by atoms with Crippen molar-refractivity contribution in [1.82, 2.24) is 0 Å². The van der Waals surface area contributed by atoms with E-state index >= 15 is 0 Å². The molecule has 0 aliphatic carbocycles. The maximum Gasteiger partial charge on any atom is 0.282 e. The molecule has 0 aromatic heterocycles. The van der Waals surface area contributed by atoms with Gasteiger partial charge in [0.2, 0.25) is 0 Å². The van der Waals surface area contributed by atoms with Crippen LogP contribution in [0.15, 0.2) is 18.2 Å². The normalized spacial score (nSPS) is 13.4. The molecule has 0 bridgehead atoms. The van der Waals surface area contributed by atoms with Crippen LogP contribution in [0.5, 0.6) is 0 Å². The van der Waals surface area contributed by atoms with Crippen LogP contribution in [0, 0.1) is 6.92 Å². The second-order valence-corrected chi connectivity index (χ2v) is 5.14. The van der Waals surface area contributed by atoms with Crippen molar-refractivity contribution in [3.63, 3.8) is 0 Å². The third-order valence-corrected chi connectivity index (χ3v) is 3.09. The minimum absolute atomic E-state index is 0.0673. The monoisotopic (exact) mass is 245 g/mol. The number of hydrogen-bond acceptors (Lipinski definition) is 5. The number of hydrogen-bond donors (Lipinski definition) is 4. The summed E-state index contributed by atoms with van der Waals surface area (Å²) >= 11 is 0. The molecule has 16 heavy (non-hydrogen) atoms. The number of rotatable bonds is 4. The number of aryl methyl sites for hydroxylation is 1. The van der Waals surface area contributed by atoms with Crippen molar-refractivity contribution < 1.29 is 13.0 Å². The first-order valence-corrected chi connectivity index (χ1v) is 6.13. The first-order valence-electron chi connectivity index (χ1n) is 4.62. The number of nitrogens with one attached hydrogen (secondary N) is 1. The van der Waals surface area contributed by atoms with E-state index in [1.807, 2.05) is 6.92 Å². The molecular weight excluding hydrogens is 230 g/mol. The van der Waals surface area contributed by atoms with Crippen molar-refractivity contribution in [3.05, 3.63) is 23.8 Å². The molecule has 0 fully saturated rings. The lowest BCUT2D eigenvalue weighted by atomic mass is 10.2. The number of benzene rings is 1. The fourth-order valence-electron chi connectivity index (χ4n) is 1.11. The minimum atomic E-state index is -4.20. The lowest BCUT2D eigenvalue weighted by Gasteiger charge is -2.11. The largest absolute Gasteiger partial charge is 0.399 e. The van der Waals surface area contributed by atoms with Crippen LogP contribution >= 0.6 is 0 Å². The van der Waals surface area contributed by atoms with Gasteiger partial charge in [0.05, 0.1) is 0 Å². The van der Waals surface area contributed by atoms with Gasteiger partial charge in [-0.15, -0.1) is 0 Å². The van der Waals surface area contributed by atoms with E-state index in [0.29, 0.717) is 11.4 Å². The van der Waals surface area contributed by atoms with Crippen LogP contribution in [0.4, 0.5) is 11.4 Å². The zero-order valence-corrected chi connectivity index (χ0v) is 9.66. The third-order valence-electron chi connectivity index (χ3n) is 2.16. The minimum Gasteiger partial charge on any atom is -0.399 e. The summed E-state index contributed by atoms with van der Waals surface area (Å²) in [4.78, 5) is 0. The predicted molar refractivity (Wildman–Crippen MR) is 63.6 cm³/mol. The first kappa shape index (κ1) is 12.8. The second-order valence-electron chi connectivity index (χ2n) is 3.51. The fourth-order valence-corrected chi connectivity index (χ4v) is 1.40. The summed E-state index contributed by atoms with van der Waals surface area (Å²) in [6.07, 6.45) is 0. The average Bonchev–Trinajstić information content (AvgIpc) is 2.18.